The molecule has 0 spiro atoms. The monoisotopic (exact) mass is 317 g/mol. The number of rotatable bonds is 5. The molecule has 5 nitrogen and oxygen atoms in total. The highest BCUT2D eigenvalue weighted by atomic mass is 32.2. The van der Waals surface area contributed by atoms with Crippen LogP contribution >= 0.6 is 0 Å². The van der Waals surface area contributed by atoms with E-state index in [0.29, 0.717) is 25.6 Å². The average molecular weight is 317 g/mol. The molecule has 2 rings (SSSR count). The van der Waals surface area contributed by atoms with Gasteiger partial charge in [0.25, 0.3) is 10.2 Å². The van der Waals surface area contributed by atoms with Gasteiger partial charge in [-0.15, -0.1) is 0 Å². The van der Waals surface area contributed by atoms with E-state index in [-0.39, 0.29) is 6.04 Å². The average Bonchev–Trinajstić information content (AvgIpc) is 2.45. The maximum atomic E-state index is 12.4. The van der Waals surface area contributed by atoms with Crippen molar-refractivity contribution in [3.8, 4) is 0 Å². The summed E-state index contributed by atoms with van der Waals surface area (Å²) in [7, 11) is -3.31. The summed E-state index contributed by atoms with van der Waals surface area (Å²) in [4.78, 5) is 2.41. The van der Waals surface area contributed by atoms with Crippen molar-refractivity contribution in [2.24, 2.45) is 11.8 Å². The Balaban J connectivity index is 1.83. The van der Waals surface area contributed by atoms with Gasteiger partial charge in [0.05, 0.1) is 0 Å². The first-order valence-corrected chi connectivity index (χ1v) is 9.81. The van der Waals surface area contributed by atoms with Crippen molar-refractivity contribution in [3.05, 3.63) is 0 Å². The van der Waals surface area contributed by atoms with Crippen molar-refractivity contribution in [1.29, 1.82) is 0 Å². The largest absolute Gasteiger partial charge is 0.299 e. The molecule has 2 saturated heterocycles. The lowest BCUT2D eigenvalue weighted by molar-refractivity contribution is 0.139. The van der Waals surface area contributed by atoms with E-state index in [1.165, 1.54) is 12.8 Å². The molecule has 2 aliphatic heterocycles. The van der Waals surface area contributed by atoms with E-state index >= 15 is 0 Å². The van der Waals surface area contributed by atoms with Crippen LogP contribution in [0.1, 0.15) is 46.5 Å². The summed E-state index contributed by atoms with van der Waals surface area (Å²) in [6.45, 7) is 10.5. The fourth-order valence-corrected chi connectivity index (χ4v) is 4.89. The fourth-order valence-electron chi connectivity index (χ4n) is 3.44. The third-order valence-corrected chi connectivity index (χ3v) is 6.38. The maximum Gasteiger partial charge on any atom is 0.279 e. The lowest BCUT2D eigenvalue weighted by Gasteiger charge is -2.36. The summed E-state index contributed by atoms with van der Waals surface area (Å²) >= 11 is 0. The van der Waals surface area contributed by atoms with Crippen LogP contribution in [0.5, 0.6) is 0 Å². The molecular formula is C15H31N3O2S. The SMILES string of the molecule is C[C@@H]1CCCN([C@H](C)CNS(=O)(=O)N2CCC[C@H](C)C2)C1. The lowest BCUT2D eigenvalue weighted by Crippen LogP contribution is -2.50. The van der Waals surface area contributed by atoms with Crippen molar-refractivity contribution in [2.45, 2.75) is 52.5 Å². The Morgan fingerprint density at radius 1 is 1.10 bits per heavy atom. The lowest BCUT2D eigenvalue weighted by atomic mass is 9.99. The van der Waals surface area contributed by atoms with Crippen molar-refractivity contribution < 1.29 is 8.42 Å². The Bertz CT molecular complexity index is 427. The molecule has 21 heavy (non-hydrogen) atoms. The summed E-state index contributed by atoms with van der Waals surface area (Å²) in [5.41, 5.74) is 0. The summed E-state index contributed by atoms with van der Waals surface area (Å²) in [6.07, 6.45) is 4.62. The molecule has 3 atom stereocenters. The molecule has 0 bridgehead atoms. The third kappa shape index (κ3) is 4.91. The zero-order chi connectivity index (χ0) is 15.5. The Labute approximate surface area is 130 Å². The summed E-state index contributed by atoms with van der Waals surface area (Å²) in [5, 5.41) is 0. The van der Waals surface area contributed by atoms with Gasteiger partial charge in [0.2, 0.25) is 0 Å². The minimum absolute atomic E-state index is 0.268. The number of piperidine rings is 2. The number of nitrogens with one attached hydrogen (secondary N) is 1. The van der Waals surface area contributed by atoms with E-state index in [0.717, 1.165) is 31.8 Å². The van der Waals surface area contributed by atoms with Gasteiger partial charge in [-0.25, -0.2) is 4.72 Å². The van der Waals surface area contributed by atoms with Crippen LogP contribution in [0, 0.1) is 11.8 Å². The second-order valence-electron chi connectivity index (χ2n) is 7.05. The third-order valence-electron chi connectivity index (χ3n) is 4.83. The topological polar surface area (TPSA) is 52.7 Å². The van der Waals surface area contributed by atoms with Crippen molar-refractivity contribution in [1.82, 2.24) is 13.9 Å². The first kappa shape index (κ1) is 17.2. The van der Waals surface area contributed by atoms with Crippen LogP contribution in [-0.4, -0.2) is 56.4 Å². The maximum absolute atomic E-state index is 12.4. The predicted molar refractivity (Wildman–Crippen MR) is 86.3 cm³/mol. The molecule has 0 radical (unpaired) electrons. The van der Waals surface area contributed by atoms with E-state index in [1.807, 2.05) is 0 Å². The number of hydrogen-bond donors (Lipinski definition) is 1. The molecule has 0 unspecified atom stereocenters. The van der Waals surface area contributed by atoms with Crippen LogP contribution < -0.4 is 4.72 Å². The molecule has 0 aromatic carbocycles. The van der Waals surface area contributed by atoms with Gasteiger partial charge in [0.1, 0.15) is 0 Å². The van der Waals surface area contributed by atoms with Gasteiger partial charge in [0, 0.05) is 32.2 Å². The van der Waals surface area contributed by atoms with Crippen LogP contribution in [0.25, 0.3) is 0 Å². The Morgan fingerprint density at radius 2 is 1.71 bits per heavy atom. The minimum Gasteiger partial charge on any atom is -0.299 e. The van der Waals surface area contributed by atoms with Gasteiger partial charge in [-0.2, -0.15) is 12.7 Å². The highest BCUT2D eigenvalue weighted by Gasteiger charge is 2.28. The highest BCUT2D eigenvalue weighted by Crippen LogP contribution is 2.19. The van der Waals surface area contributed by atoms with Gasteiger partial charge < -0.3 is 0 Å². The molecule has 0 saturated carbocycles. The van der Waals surface area contributed by atoms with Gasteiger partial charge >= 0.3 is 0 Å². The van der Waals surface area contributed by atoms with Gasteiger partial charge in [0.15, 0.2) is 0 Å². The zero-order valence-corrected chi connectivity index (χ0v) is 14.5. The molecule has 2 fully saturated rings. The minimum atomic E-state index is -3.31. The Morgan fingerprint density at radius 3 is 2.33 bits per heavy atom. The molecule has 2 heterocycles. The van der Waals surface area contributed by atoms with Crippen molar-refractivity contribution >= 4 is 10.2 Å². The van der Waals surface area contributed by atoms with Crippen LogP contribution in [0.2, 0.25) is 0 Å². The van der Waals surface area contributed by atoms with Crippen molar-refractivity contribution in [3.63, 3.8) is 0 Å². The standard InChI is InChI=1S/C15H31N3O2S/c1-13-6-4-8-17(11-13)15(3)10-16-21(19,20)18-9-5-7-14(2)12-18/h13-16H,4-12H2,1-3H3/t13-,14+,15-/m1/s1. The van der Waals surface area contributed by atoms with E-state index in [4.69, 9.17) is 0 Å². The van der Waals surface area contributed by atoms with Gasteiger partial charge in [-0.05, 0) is 51.0 Å². The van der Waals surface area contributed by atoms with Crippen LogP contribution in [0.4, 0.5) is 0 Å². The van der Waals surface area contributed by atoms with E-state index in [2.05, 4.69) is 30.4 Å². The van der Waals surface area contributed by atoms with Crippen molar-refractivity contribution in [2.75, 3.05) is 32.7 Å². The number of likely N-dealkylation sites (tertiary alicyclic amines) is 1. The number of hydrogen-bond acceptors (Lipinski definition) is 3. The van der Waals surface area contributed by atoms with E-state index < -0.39 is 10.2 Å². The summed E-state index contributed by atoms with van der Waals surface area (Å²) < 4.78 is 29.2. The Kier molecular flexibility index (Phi) is 6.05. The van der Waals surface area contributed by atoms with E-state index in [1.54, 1.807) is 4.31 Å². The second kappa shape index (κ2) is 7.40. The van der Waals surface area contributed by atoms with E-state index in [9.17, 15) is 8.42 Å². The molecular weight excluding hydrogens is 286 g/mol. The molecule has 2 aliphatic rings. The summed E-state index contributed by atoms with van der Waals surface area (Å²) in [5.74, 6) is 1.19. The van der Waals surface area contributed by atoms with Crippen LogP contribution in [0.15, 0.2) is 0 Å². The van der Waals surface area contributed by atoms with Gasteiger partial charge in [-0.3, -0.25) is 4.90 Å². The zero-order valence-electron chi connectivity index (χ0n) is 13.7. The molecule has 0 amide bonds. The molecule has 1 N–H and O–H groups in total. The molecule has 0 aliphatic carbocycles. The number of nitrogens with zero attached hydrogens (tertiary/aromatic N) is 2. The first-order valence-electron chi connectivity index (χ1n) is 8.37. The predicted octanol–water partition coefficient (Wildman–Crippen LogP) is 1.67. The molecule has 0 aromatic rings. The van der Waals surface area contributed by atoms with Crippen LogP contribution in [-0.2, 0) is 10.2 Å². The van der Waals surface area contributed by atoms with Gasteiger partial charge in [-0.1, -0.05) is 13.8 Å². The molecule has 6 heteroatoms. The summed E-state index contributed by atoms with van der Waals surface area (Å²) in [6, 6.07) is 0.268. The first-order chi connectivity index (χ1) is 9.88. The Hall–Kier alpha value is -0.170. The smallest absolute Gasteiger partial charge is 0.279 e. The quantitative estimate of drug-likeness (QED) is 0.839. The molecule has 124 valence electrons. The molecule has 0 aromatic heterocycles. The highest BCUT2D eigenvalue weighted by molar-refractivity contribution is 7.87. The fraction of sp³-hybridized carbons (Fsp3) is 1.00. The van der Waals surface area contributed by atoms with Crippen LogP contribution in [0.3, 0.4) is 0 Å². The normalized spacial score (nSPS) is 31.2. The second-order valence-corrected chi connectivity index (χ2v) is 8.81.